The molecule has 3 fully saturated rings. The minimum atomic E-state index is -1.71. The lowest BCUT2D eigenvalue weighted by Gasteiger charge is -2.49. The van der Waals surface area contributed by atoms with E-state index < -0.39 is 79.9 Å². The van der Waals surface area contributed by atoms with Crippen LogP contribution in [-0.2, 0) is 24.6 Å². The van der Waals surface area contributed by atoms with Gasteiger partial charge in [0.05, 0.1) is 70.7 Å². The molecule has 0 radical (unpaired) electrons. The number of hydrogen-bond donors (Lipinski definition) is 2. The summed E-state index contributed by atoms with van der Waals surface area (Å²) in [6, 6.07) is 16.2. The summed E-state index contributed by atoms with van der Waals surface area (Å²) >= 11 is 12.7. The first-order chi connectivity index (χ1) is 31.0. The number of halogens is 2. The second-order valence-corrected chi connectivity index (χ2v) is 17.0. The normalized spacial score (nSPS) is 23.5. The Bertz CT molecular complexity index is 2720. The van der Waals surface area contributed by atoms with Crippen LogP contribution >= 0.6 is 23.2 Å². The zero-order chi connectivity index (χ0) is 46.8. The van der Waals surface area contributed by atoms with Crippen molar-refractivity contribution in [3.8, 4) is 23.0 Å². The number of amides is 4. The van der Waals surface area contributed by atoms with Crippen LogP contribution < -0.4 is 29.4 Å². The number of nitrogens with one attached hydrogen (secondary N) is 1. The molecule has 6 atom stereocenters. The van der Waals surface area contributed by atoms with Crippen molar-refractivity contribution >= 4 is 81.3 Å². The highest BCUT2D eigenvalue weighted by molar-refractivity contribution is 6.36. The monoisotopic (exact) mass is 926 g/mol. The van der Waals surface area contributed by atoms with Crippen LogP contribution in [0.4, 0.5) is 28.4 Å². The molecule has 2 N–H and O–H groups in total. The average Bonchev–Trinajstić information content (AvgIpc) is 3.66. The maximum Gasteiger partial charge on any atom is 0.301 e. The lowest BCUT2D eigenvalue weighted by molar-refractivity contribution is -0.392. The van der Waals surface area contributed by atoms with E-state index in [0.29, 0.717) is 27.5 Å². The first-order valence-electron chi connectivity index (χ1n) is 20.1. The van der Waals surface area contributed by atoms with Gasteiger partial charge in [0.25, 0.3) is 11.8 Å². The highest BCUT2D eigenvalue weighted by Crippen LogP contribution is 2.62. The lowest BCUT2D eigenvalue weighted by atomic mass is 9.50. The fourth-order valence-electron chi connectivity index (χ4n) is 10.0. The van der Waals surface area contributed by atoms with Crippen LogP contribution in [0.2, 0.25) is 10.0 Å². The summed E-state index contributed by atoms with van der Waals surface area (Å²) in [5.41, 5.74) is 0.822. The van der Waals surface area contributed by atoms with Gasteiger partial charge in [-0.05, 0) is 72.4 Å². The van der Waals surface area contributed by atoms with E-state index in [1.54, 1.807) is 54.6 Å². The first-order valence-corrected chi connectivity index (χ1v) is 20.8. The third-order valence-electron chi connectivity index (χ3n) is 12.8. The molecular weight excluding hydrogens is 887 g/mol. The highest BCUT2D eigenvalue weighted by Gasteiger charge is 2.69. The van der Waals surface area contributed by atoms with E-state index in [4.69, 9.17) is 37.4 Å². The van der Waals surface area contributed by atoms with Crippen molar-refractivity contribution in [1.29, 1.82) is 0 Å². The van der Waals surface area contributed by atoms with Gasteiger partial charge in [-0.1, -0.05) is 59.1 Å². The van der Waals surface area contributed by atoms with Crippen LogP contribution in [-0.4, -0.2) is 79.0 Å². The Labute approximate surface area is 380 Å². The second kappa shape index (κ2) is 16.7. The van der Waals surface area contributed by atoms with Crippen LogP contribution in [0.1, 0.15) is 24.0 Å². The first kappa shape index (κ1) is 44.4. The molecule has 18 nitrogen and oxygen atoms in total. The molecule has 2 aliphatic carbocycles. The number of carbonyl (C=O) groups excluding carboxylic acids is 4. The van der Waals surface area contributed by atoms with Gasteiger partial charge in [0, 0.05) is 37.2 Å². The Morgan fingerprint density at radius 2 is 1.48 bits per heavy atom. The van der Waals surface area contributed by atoms with Crippen molar-refractivity contribution in [3.63, 3.8) is 0 Å². The van der Waals surface area contributed by atoms with Crippen LogP contribution in [0.25, 0.3) is 6.08 Å². The fraction of sp³-hybridized carbons (Fsp3) is 0.289. The van der Waals surface area contributed by atoms with Gasteiger partial charge < -0.3 is 24.2 Å². The number of methoxy groups -OCH3 is 3. The summed E-state index contributed by atoms with van der Waals surface area (Å²) in [6.07, 6.45) is 5.06. The van der Waals surface area contributed by atoms with E-state index in [0.717, 1.165) is 22.0 Å². The molecule has 4 aromatic carbocycles. The number of anilines is 3. The van der Waals surface area contributed by atoms with Crippen molar-refractivity contribution in [2.24, 2.45) is 29.6 Å². The molecule has 65 heavy (non-hydrogen) atoms. The van der Waals surface area contributed by atoms with E-state index in [2.05, 4.69) is 5.43 Å². The lowest BCUT2D eigenvalue weighted by Crippen LogP contribution is -2.54. The van der Waals surface area contributed by atoms with Crippen LogP contribution in [0.3, 0.4) is 0 Å². The van der Waals surface area contributed by atoms with E-state index in [-0.39, 0.29) is 52.2 Å². The number of nitro groups is 2. The Hall–Kier alpha value is -7.18. The number of imide groups is 2. The zero-order valence-corrected chi connectivity index (χ0v) is 36.8. The number of phenols is 1. The molecule has 336 valence electrons. The third kappa shape index (κ3) is 7.03. The highest BCUT2D eigenvalue weighted by atomic mass is 35.5. The molecule has 4 aromatic rings. The molecule has 2 saturated heterocycles. The summed E-state index contributed by atoms with van der Waals surface area (Å²) in [4.78, 5) is 85.0. The fourth-order valence-corrected chi connectivity index (χ4v) is 10.5. The second-order valence-electron chi connectivity index (χ2n) is 16.1. The van der Waals surface area contributed by atoms with E-state index in [1.165, 1.54) is 58.5 Å². The SMILES string of the molecule is COc1ccc(C23C(=O)N(Nc4ccc(Cl)cc4Cl)C(=O)C2CC2C(=CCC4C(=O)N(c5cc([N+](=O)[O-])c(N(C)C)c([N+](=O)[O-])c5)C(=O)C42)C3C=Cc2cc(OC)c(O)c(OC)c2)cc1. The number of benzene rings is 4. The molecule has 1 saturated carbocycles. The molecule has 2 aliphatic heterocycles. The number of phenolic OH excluding ortho intramolecular Hbond substituents is 1. The number of fused-ring (bicyclic) bond motifs is 4. The largest absolute Gasteiger partial charge is 0.502 e. The number of ether oxygens (including phenoxy) is 3. The Morgan fingerprint density at radius 1 is 0.846 bits per heavy atom. The van der Waals surface area contributed by atoms with Gasteiger partial charge in [-0.2, -0.15) is 5.01 Å². The van der Waals surface area contributed by atoms with Crippen LogP contribution in [0.15, 0.2) is 84.5 Å². The number of carbonyl (C=O) groups is 4. The standard InChI is InChI=1S/C45H40Cl2N6O12/c1-49(2)39-34(52(59)60)19-25(20-35(39)53(61)62)50-41(55)28-13-12-27-29(38(28)43(50)57)21-31-42(56)51(48-33-15-9-24(46)18-32(33)47)44(58)45(31,23-7-10-26(63-3)11-8-23)30(27)14-6-22-16-36(64-4)40(54)37(17-22)65-5/h6-12,14-20,28-31,38,48,54H,13,21H2,1-5H3. The quantitative estimate of drug-likeness (QED) is 0.0614. The van der Waals surface area contributed by atoms with Crippen LogP contribution in [0, 0.1) is 49.8 Å². The number of hydrogen-bond acceptors (Lipinski definition) is 14. The minimum absolute atomic E-state index is 0.0173. The molecule has 0 spiro atoms. The van der Waals surface area contributed by atoms with Gasteiger partial charge >= 0.3 is 11.4 Å². The molecule has 2 heterocycles. The minimum Gasteiger partial charge on any atom is -0.502 e. The van der Waals surface area contributed by atoms with Gasteiger partial charge in [0.1, 0.15) is 5.75 Å². The summed E-state index contributed by atoms with van der Waals surface area (Å²) in [5, 5.41) is 36.7. The smallest absolute Gasteiger partial charge is 0.301 e. The van der Waals surface area contributed by atoms with Gasteiger partial charge in [-0.25, -0.2) is 4.90 Å². The van der Waals surface area contributed by atoms with Gasteiger partial charge in [0.15, 0.2) is 17.2 Å². The Kier molecular flexibility index (Phi) is 11.4. The van der Waals surface area contributed by atoms with Gasteiger partial charge in [-0.3, -0.25) is 44.8 Å². The summed E-state index contributed by atoms with van der Waals surface area (Å²) in [5.74, 6) is -7.67. The zero-order valence-electron chi connectivity index (χ0n) is 35.3. The summed E-state index contributed by atoms with van der Waals surface area (Å²) in [7, 11) is 7.01. The molecule has 4 amide bonds. The number of hydrazine groups is 1. The number of allylic oxidation sites excluding steroid dienone is 3. The van der Waals surface area contributed by atoms with E-state index in [1.807, 2.05) is 0 Å². The van der Waals surface area contributed by atoms with Crippen molar-refractivity contribution in [2.45, 2.75) is 18.3 Å². The van der Waals surface area contributed by atoms with E-state index >= 15 is 9.59 Å². The van der Waals surface area contributed by atoms with Crippen molar-refractivity contribution < 1.29 is 48.3 Å². The molecule has 8 rings (SSSR count). The number of nitro benzene ring substituents is 2. The average molecular weight is 928 g/mol. The van der Waals surface area contributed by atoms with Gasteiger partial charge in [0.2, 0.25) is 17.6 Å². The van der Waals surface area contributed by atoms with Crippen molar-refractivity contribution in [1.82, 2.24) is 5.01 Å². The molecule has 6 unspecified atom stereocenters. The molecule has 20 heteroatoms. The molecule has 0 aromatic heterocycles. The van der Waals surface area contributed by atoms with Crippen molar-refractivity contribution in [3.05, 3.63) is 126 Å². The predicted molar refractivity (Wildman–Crippen MR) is 238 cm³/mol. The molecule has 4 aliphatic rings. The Balaban J connectivity index is 1.32. The third-order valence-corrected chi connectivity index (χ3v) is 13.3. The predicted octanol–water partition coefficient (Wildman–Crippen LogP) is 7.34. The van der Waals surface area contributed by atoms with Crippen LogP contribution in [0.5, 0.6) is 23.0 Å². The maximum absolute atomic E-state index is 15.5. The Morgan fingerprint density at radius 3 is 2.03 bits per heavy atom. The summed E-state index contributed by atoms with van der Waals surface area (Å²) < 4.78 is 16.3. The maximum atomic E-state index is 15.5. The summed E-state index contributed by atoms with van der Waals surface area (Å²) in [6.45, 7) is 0. The number of rotatable bonds is 12. The topological polar surface area (TPSA) is 224 Å². The molecular formula is C45H40Cl2N6O12. The molecule has 0 bridgehead atoms. The van der Waals surface area contributed by atoms with Gasteiger partial charge in [-0.15, -0.1) is 0 Å². The van der Waals surface area contributed by atoms with E-state index in [9.17, 15) is 34.9 Å². The number of nitrogens with zero attached hydrogens (tertiary/aromatic N) is 5. The number of aromatic hydroxyl groups is 1. The van der Waals surface area contributed by atoms with Crippen molar-refractivity contribution in [2.75, 3.05) is 50.7 Å².